The van der Waals surface area contributed by atoms with Gasteiger partial charge in [0.2, 0.25) is 0 Å². The molecule has 0 fully saturated rings. The van der Waals surface area contributed by atoms with Crippen LogP contribution < -0.4 is 5.32 Å². The zero-order chi connectivity index (χ0) is 19.7. The number of pyridine rings is 1. The summed E-state index contributed by atoms with van der Waals surface area (Å²) in [5.41, 5.74) is 2.72. The number of amides is 1. The van der Waals surface area contributed by atoms with Crippen LogP contribution in [-0.2, 0) is 4.79 Å². The lowest BCUT2D eigenvalue weighted by Gasteiger charge is -2.09. The molecule has 0 saturated carbocycles. The van der Waals surface area contributed by atoms with Crippen molar-refractivity contribution >= 4 is 38.8 Å². The SMILES string of the molecule is O=C(Nc1ccccc1Br)C(=O)c1c(-c2ccc(F)cc2)cc2ccccn12. The van der Waals surface area contributed by atoms with Crippen molar-refractivity contribution in [1.29, 1.82) is 0 Å². The van der Waals surface area contributed by atoms with Crippen LogP contribution >= 0.6 is 15.9 Å². The van der Waals surface area contributed by atoms with Gasteiger partial charge in [-0.05, 0) is 64.0 Å². The molecule has 4 aromatic rings. The number of hydrogen-bond acceptors (Lipinski definition) is 2. The predicted octanol–water partition coefficient (Wildman–Crippen LogP) is 5.33. The van der Waals surface area contributed by atoms with Crippen molar-refractivity contribution < 1.29 is 14.0 Å². The normalized spacial score (nSPS) is 10.8. The average molecular weight is 437 g/mol. The lowest BCUT2D eigenvalue weighted by molar-refractivity contribution is -0.112. The molecule has 0 aliphatic rings. The van der Waals surface area contributed by atoms with Gasteiger partial charge in [-0.3, -0.25) is 9.59 Å². The van der Waals surface area contributed by atoms with Crippen LogP contribution in [-0.4, -0.2) is 16.1 Å². The van der Waals surface area contributed by atoms with E-state index < -0.39 is 11.7 Å². The molecule has 28 heavy (non-hydrogen) atoms. The number of nitrogens with zero attached hydrogens (tertiary/aromatic N) is 1. The second-order valence-corrected chi connectivity index (χ2v) is 7.03. The maximum absolute atomic E-state index is 13.3. The molecule has 138 valence electrons. The number of para-hydroxylation sites is 1. The third-order valence-corrected chi connectivity index (χ3v) is 5.07. The van der Waals surface area contributed by atoms with Crippen molar-refractivity contribution in [2.75, 3.05) is 5.32 Å². The third kappa shape index (κ3) is 3.34. The number of anilines is 1. The summed E-state index contributed by atoms with van der Waals surface area (Å²) in [5.74, 6) is -1.80. The van der Waals surface area contributed by atoms with Crippen LogP contribution in [0.2, 0.25) is 0 Å². The fourth-order valence-electron chi connectivity index (χ4n) is 3.05. The van der Waals surface area contributed by atoms with Crippen molar-refractivity contribution in [1.82, 2.24) is 4.40 Å². The van der Waals surface area contributed by atoms with Gasteiger partial charge in [0.15, 0.2) is 0 Å². The zero-order valence-corrected chi connectivity index (χ0v) is 16.1. The number of nitrogens with one attached hydrogen (secondary N) is 1. The van der Waals surface area contributed by atoms with E-state index in [2.05, 4.69) is 21.2 Å². The molecule has 0 aliphatic carbocycles. The zero-order valence-electron chi connectivity index (χ0n) is 14.5. The Morgan fingerprint density at radius 3 is 2.39 bits per heavy atom. The highest BCUT2D eigenvalue weighted by molar-refractivity contribution is 9.10. The number of halogens is 2. The van der Waals surface area contributed by atoms with Crippen molar-refractivity contribution in [3.05, 3.63) is 95.0 Å². The molecule has 4 nitrogen and oxygen atoms in total. The van der Waals surface area contributed by atoms with Gasteiger partial charge in [0, 0.05) is 21.7 Å². The Balaban J connectivity index is 1.79. The predicted molar refractivity (Wildman–Crippen MR) is 110 cm³/mol. The first-order chi connectivity index (χ1) is 13.5. The molecule has 4 rings (SSSR count). The molecule has 0 unspecified atom stereocenters. The van der Waals surface area contributed by atoms with E-state index in [1.807, 2.05) is 24.3 Å². The molecule has 2 aromatic carbocycles. The summed E-state index contributed by atoms with van der Waals surface area (Å²) in [6.45, 7) is 0. The second kappa shape index (κ2) is 7.40. The van der Waals surface area contributed by atoms with Crippen LogP contribution in [0.3, 0.4) is 0 Å². The standard InChI is InChI=1S/C22H14BrFN2O2/c23-18-6-1-2-7-19(18)25-22(28)21(27)20-17(14-8-10-15(24)11-9-14)13-16-5-3-4-12-26(16)20/h1-13H,(H,25,28). The summed E-state index contributed by atoms with van der Waals surface area (Å²) in [4.78, 5) is 25.8. The summed E-state index contributed by atoms with van der Waals surface area (Å²) >= 11 is 3.35. The van der Waals surface area contributed by atoms with Gasteiger partial charge < -0.3 is 9.72 Å². The Hall–Kier alpha value is -3.25. The van der Waals surface area contributed by atoms with Gasteiger partial charge in [0.05, 0.1) is 5.69 Å². The largest absolute Gasteiger partial charge is 0.318 e. The van der Waals surface area contributed by atoms with E-state index in [1.165, 1.54) is 12.1 Å². The summed E-state index contributed by atoms with van der Waals surface area (Å²) in [5, 5.41) is 2.64. The van der Waals surface area contributed by atoms with Crippen LogP contribution in [0, 0.1) is 5.82 Å². The van der Waals surface area contributed by atoms with E-state index in [1.54, 1.807) is 47.0 Å². The van der Waals surface area contributed by atoms with Crippen molar-refractivity contribution in [2.45, 2.75) is 0 Å². The van der Waals surface area contributed by atoms with Crippen molar-refractivity contribution in [3.8, 4) is 11.1 Å². The number of aromatic nitrogens is 1. The highest BCUT2D eigenvalue weighted by Gasteiger charge is 2.25. The minimum absolute atomic E-state index is 0.228. The van der Waals surface area contributed by atoms with E-state index >= 15 is 0 Å². The Bertz CT molecular complexity index is 1200. The van der Waals surface area contributed by atoms with E-state index in [0.717, 1.165) is 5.52 Å². The molecule has 0 aliphatic heterocycles. The minimum atomic E-state index is -0.751. The first-order valence-corrected chi connectivity index (χ1v) is 9.30. The second-order valence-electron chi connectivity index (χ2n) is 6.17. The van der Waals surface area contributed by atoms with E-state index in [4.69, 9.17) is 0 Å². The van der Waals surface area contributed by atoms with Gasteiger partial charge in [0.25, 0.3) is 11.7 Å². The van der Waals surface area contributed by atoms with Gasteiger partial charge in [0.1, 0.15) is 11.5 Å². The van der Waals surface area contributed by atoms with Crippen LogP contribution in [0.25, 0.3) is 16.6 Å². The third-order valence-electron chi connectivity index (χ3n) is 4.38. The fourth-order valence-corrected chi connectivity index (χ4v) is 3.44. The molecule has 0 atom stereocenters. The molecule has 2 heterocycles. The molecule has 0 spiro atoms. The Labute approximate surface area is 168 Å². The number of rotatable bonds is 4. The van der Waals surface area contributed by atoms with Crippen LogP contribution in [0.5, 0.6) is 0 Å². The molecule has 0 saturated heterocycles. The molecule has 1 amide bonds. The first kappa shape index (κ1) is 18.1. The molecule has 6 heteroatoms. The number of benzene rings is 2. The topological polar surface area (TPSA) is 50.6 Å². The summed E-state index contributed by atoms with van der Waals surface area (Å²) in [7, 11) is 0. The van der Waals surface area contributed by atoms with E-state index in [9.17, 15) is 14.0 Å². The van der Waals surface area contributed by atoms with Crippen LogP contribution in [0.4, 0.5) is 10.1 Å². The smallest absolute Gasteiger partial charge is 0.298 e. The van der Waals surface area contributed by atoms with Crippen LogP contribution in [0.1, 0.15) is 10.5 Å². The van der Waals surface area contributed by atoms with Gasteiger partial charge >= 0.3 is 0 Å². The van der Waals surface area contributed by atoms with Gasteiger partial charge in [-0.2, -0.15) is 0 Å². The quantitative estimate of drug-likeness (QED) is 0.347. The van der Waals surface area contributed by atoms with Gasteiger partial charge in [-0.1, -0.05) is 30.3 Å². The summed E-state index contributed by atoms with van der Waals surface area (Å²) < 4.78 is 15.7. The highest BCUT2D eigenvalue weighted by atomic mass is 79.9. The number of hydrogen-bond donors (Lipinski definition) is 1. The summed E-state index contributed by atoms with van der Waals surface area (Å²) in [6.07, 6.45) is 1.72. The van der Waals surface area contributed by atoms with Crippen LogP contribution in [0.15, 0.2) is 83.5 Å². The molecular weight excluding hydrogens is 423 g/mol. The number of Topliss-reactive ketones (excluding diaryl/α,β-unsaturated/α-hetero) is 1. The molecular formula is C22H14BrFN2O2. The van der Waals surface area contributed by atoms with Gasteiger partial charge in [-0.15, -0.1) is 0 Å². The summed E-state index contributed by atoms with van der Waals surface area (Å²) in [6, 6.07) is 20.2. The molecule has 0 bridgehead atoms. The van der Waals surface area contributed by atoms with Crippen molar-refractivity contribution in [3.63, 3.8) is 0 Å². The average Bonchev–Trinajstić information content (AvgIpc) is 3.09. The number of carbonyl (C=O) groups excluding carboxylic acids is 2. The monoisotopic (exact) mass is 436 g/mol. The maximum Gasteiger partial charge on any atom is 0.298 e. The Morgan fingerprint density at radius 1 is 0.929 bits per heavy atom. The lowest BCUT2D eigenvalue weighted by Crippen LogP contribution is -2.24. The number of carbonyl (C=O) groups is 2. The first-order valence-electron chi connectivity index (χ1n) is 8.51. The number of ketones is 1. The van der Waals surface area contributed by atoms with Gasteiger partial charge in [-0.25, -0.2) is 4.39 Å². The van der Waals surface area contributed by atoms with Crippen molar-refractivity contribution in [2.24, 2.45) is 0 Å². The fraction of sp³-hybridized carbons (Fsp3) is 0. The molecule has 0 radical (unpaired) electrons. The lowest BCUT2D eigenvalue weighted by atomic mass is 10.0. The highest BCUT2D eigenvalue weighted by Crippen LogP contribution is 2.29. The Morgan fingerprint density at radius 2 is 1.64 bits per heavy atom. The van der Waals surface area contributed by atoms with E-state index in [0.29, 0.717) is 21.3 Å². The molecule has 2 aromatic heterocycles. The number of fused-ring (bicyclic) bond motifs is 1. The van der Waals surface area contributed by atoms with E-state index in [-0.39, 0.29) is 11.5 Å². The minimum Gasteiger partial charge on any atom is -0.318 e. The Kier molecular flexibility index (Phi) is 4.79. The maximum atomic E-state index is 13.3. The molecule has 1 N–H and O–H groups in total.